The number of para-hydroxylation sites is 1. The third kappa shape index (κ3) is 4.77. The quantitative estimate of drug-likeness (QED) is 0.336. The Morgan fingerprint density at radius 2 is 1.57 bits per heavy atom. The van der Waals surface area contributed by atoms with Crippen molar-refractivity contribution in [2.75, 3.05) is 4.72 Å². The molecule has 6 nitrogen and oxygen atoms in total. The van der Waals surface area contributed by atoms with Crippen LogP contribution in [0.5, 0.6) is 0 Å². The Hall–Kier alpha value is -3.71. The molecule has 1 atom stereocenters. The molecule has 2 N–H and O–H groups in total. The Bertz CT molecular complexity index is 1470. The number of amides is 1. The van der Waals surface area contributed by atoms with Crippen LogP contribution in [0.2, 0.25) is 0 Å². The van der Waals surface area contributed by atoms with Crippen molar-refractivity contribution in [3.8, 4) is 11.3 Å². The fourth-order valence-corrected chi connectivity index (χ4v) is 5.70. The van der Waals surface area contributed by atoms with E-state index < -0.39 is 15.3 Å². The second kappa shape index (κ2) is 9.50. The standard InChI is InChI=1S/C28H27N3O3S/c1-2-23(19-11-5-3-6-12-19)30-28(32)25-22-15-9-10-16-24(22)29-26(20-13-7-4-8-14-20)27(25)31-35(33,34)21-17-18-21/h3-16,21,23,31H,2,17-18H2,1H3,(H,30,32)/t23-/m0/s1. The second-order valence-corrected chi connectivity index (χ2v) is 10.7. The molecule has 1 aliphatic rings. The minimum atomic E-state index is -3.65. The fourth-order valence-electron chi connectivity index (χ4n) is 4.29. The van der Waals surface area contributed by atoms with Gasteiger partial charge in [0.15, 0.2) is 0 Å². The van der Waals surface area contributed by atoms with Crippen molar-refractivity contribution >= 4 is 32.5 Å². The van der Waals surface area contributed by atoms with Gasteiger partial charge in [-0.15, -0.1) is 0 Å². The predicted octanol–water partition coefficient (Wildman–Crippen LogP) is 5.69. The Kier molecular flexibility index (Phi) is 6.26. The van der Waals surface area contributed by atoms with Crippen molar-refractivity contribution in [2.45, 2.75) is 37.5 Å². The van der Waals surface area contributed by atoms with Gasteiger partial charge in [0.25, 0.3) is 5.91 Å². The first-order chi connectivity index (χ1) is 17.0. The SMILES string of the molecule is CC[C@H](NC(=O)c1c(NS(=O)(=O)C2CC2)c(-c2ccccc2)nc2ccccc12)c1ccccc1. The lowest BCUT2D eigenvalue weighted by atomic mass is 9.99. The molecule has 3 aromatic carbocycles. The Balaban J connectivity index is 1.70. The molecule has 1 heterocycles. The molecule has 1 aromatic heterocycles. The maximum atomic E-state index is 13.9. The average Bonchev–Trinajstić information content (AvgIpc) is 3.74. The average molecular weight is 486 g/mol. The Labute approximate surface area is 205 Å². The molecule has 0 bridgehead atoms. The third-order valence-electron chi connectivity index (χ3n) is 6.29. The van der Waals surface area contributed by atoms with Crippen LogP contribution < -0.4 is 10.0 Å². The number of anilines is 1. The summed E-state index contributed by atoms with van der Waals surface area (Å²) in [5.41, 5.74) is 3.29. The Morgan fingerprint density at radius 3 is 2.23 bits per heavy atom. The van der Waals surface area contributed by atoms with Gasteiger partial charge in [-0.2, -0.15) is 0 Å². The van der Waals surface area contributed by atoms with Gasteiger partial charge in [0, 0.05) is 10.9 Å². The zero-order valence-corrected chi connectivity index (χ0v) is 20.3. The number of nitrogens with one attached hydrogen (secondary N) is 2. The maximum absolute atomic E-state index is 13.9. The van der Waals surface area contributed by atoms with Crippen LogP contribution in [0, 0.1) is 0 Å². The first kappa shape index (κ1) is 23.1. The summed E-state index contributed by atoms with van der Waals surface area (Å²) in [6.07, 6.45) is 1.92. The summed E-state index contributed by atoms with van der Waals surface area (Å²) >= 11 is 0. The van der Waals surface area contributed by atoms with E-state index in [1.54, 1.807) is 0 Å². The van der Waals surface area contributed by atoms with Crippen LogP contribution in [0.1, 0.15) is 48.1 Å². The number of pyridine rings is 1. The lowest BCUT2D eigenvalue weighted by molar-refractivity contribution is 0.0938. The summed E-state index contributed by atoms with van der Waals surface area (Å²) < 4.78 is 28.9. The summed E-state index contributed by atoms with van der Waals surface area (Å²) in [6.45, 7) is 2.01. The summed E-state index contributed by atoms with van der Waals surface area (Å²) in [5.74, 6) is -0.343. The van der Waals surface area contributed by atoms with E-state index in [1.165, 1.54) is 0 Å². The normalized spacial score (nSPS) is 14.4. The number of carbonyl (C=O) groups excluding carboxylic acids is 1. The van der Waals surface area contributed by atoms with E-state index in [4.69, 9.17) is 4.98 Å². The van der Waals surface area contributed by atoms with Crippen molar-refractivity contribution in [1.29, 1.82) is 0 Å². The molecule has 178 valence electrons. The number of nitrogens with zero attached hydrogens (tertiary/aromatic N) is 1. The molecule has 1 fully saturated rings. The van der Waals surface area contributed by atoms with Gasteiger partial charge in [0.2, 0.25) is 10.0 Å². The summed E-state index contributed by atoms with van der Waals surface area (Å²) in [6, 6.07) is 26.2. The summed E-state index contributed by atoms with van der Waals surface area (Å²) in [5, 5.41) is 3.29. The number of rotatable bonds is 8. The van der Waals surface area contributed by atoms with E-state index in [0.717, 1.165) is 11.1 Å². The molecule has 7 heteroatoms. The molecule has 4 aromatic rings. The highest BCUT2D eigenvalue weighted by Crippen LogP contribution is 2.38. The first-order valence-electron chi connectivity index (χ1n) is 11.8. The van der Waals surface area contributed by atoms with Crippen LogP contribution >= 0.6 is 0 Å². The largest absolute Gasteiger partial charge is 0.345 e. The molecule has 0 aliphatic heterocycles. The zero-order valence-electron chi connectivity index (χ0n) is 19.4. The monoisotopic (exact) mass is 485 g/mol. The highest BCUT2D eigenvalue weighted by Gasteiger charge is 2.37. The van der Waals surface area contributed by atoms with Crippen molar-refractivity contribution in [2.24, 2.45) is 0 Å². The van der Waals surface area contributed by atoms with E-state index in [-0.39, 0.29) is 23.2 Å². The van der Waals surface area contributed by atoms with Crippen LogP contribution in [0.25, 0.3) is 22.2 Å². The van der Waals surface area contributed by atoms with Crippen LogP contribution in [0.3, 0.4) is 0 Å². The van der Waals surface area contributed by atoms with Crippen LogP contribution in [-0.4, -0.2) is 24.6 Å². The number of sulfonamides is 1. The molecule has 0 unspecified atom stereocenters. The van der Waals surface area contributed by atoms with Gasteiger partial charge in [-0.3, -0.25) is 9.52 Å². The van der Waals surface area contributed by atoms with E-state index in [0.29, 0.717) is 35.9 Å². The minimum absolute atomic E-state index is 0.219. The van der Waals surface area contributed by atoms with Gasteiger partial charge in [0.05, 0.1) is 33.8 Å². The number of fused-ring (bicyclic) bond motifs is 1. The van der Waals surface area contributed by atoms with Crippen molar-refractivity contribution < 1.29 is 13.2 Å². The molecule has 1 amide bonds. The molecule has 0 saturated heterocycles. The van der Waals surface area contributed by atoms with Gasteiger partial charge in [-0.1, -0.05) is 85.8 Å². The predicted molar refractivity (Wildman–Crippen MR) is 140 cm³/mol. The number of aromatic nitrogens is 1. The van der Waals surface area contributed by atoms with Gasteiger partial charge in [0.1, 0.15) is 0 Å². The molecule has 1 saturated carbocycles. The molecular weight excluding hydrogens is 458 g/mol. The highest BCUT2D eigenvalue weighted by molar-refractivity contribution is 7.93. The van der Waals surface area contributed by atoms with Crippen LogP contribution in [0.4, 0.5) is 5.69 Å². The minimum Gasteiger partial charge on any atom is -0.345 e. The summed E-state index contributed by atoms with van der Waals surface area (Å²) in [7, 11) is -3.65. The highest BCUT2D eigenvalue weighted by atomic mass is 32.2. The summed E-state index contributed by atoms with van der Waals surface area (Å²) in [4.78, 5) is 18.7. The molecule has 5 rings (SSSR count). The zero-order chi connectivity index (χ0) is 24.4. The number of carbonyl (C=O) groups is 1. The van der Waals surface area contributed by atoms with E-state index in [1.807, 2.05) is 91.9 Å². The van der Waals surface area contributed by atoms with Crippen LogP contribution in [0.15, 0.2) is 84.9 Å². The molecule has 0 spiro atoms. The smallest absolute Gasteiger partial charge is 0.254 e. The van der Waals surface area contributed by atoms with Gasteiger partial charge in [-0.25, -0.2) is 13.4 Å². The van der Waals surface area contributed by atoms with Crippen LogP contribution in [-0.2, 0) is 10.0 Å². The van der Waals surface area contributed by atoms with Crippen molar-refractivity contribution in [3.05, 3.63) is 96.1 Å². The number of benzene rings is 3. The third-order valence-corrected chi connectivity index (χ3v) is 8.13. The van der Waals surface area contributed by atoms with Gasteiger partial charge < -0.3 is 5.32 Å². The van der Waals surface area contributed by atoms with Gasteiger partial charge >= 0.3 is 0 Å². The molecule has 0 radical (unpaired) electrons. The molecule has 1 aliphatic carbocycles. The Morgan fingerprint density at radius 1 is 0.943 bits per heavy atom. The number of hydrogen-bond acceptors (Lipinski definition) is 4. The van der Waals surface area contributed by atoms with Crippen molar-refractivity contribution in [3.63, 3.8) is 0 Å². The van der Waals surface area contributed by atoms with Crippen molar-refractivity contribution in [1.82, 2.24) is 10.3 Å². The number of hydrogen-bond donors (Lipinski definition) is 2. The van der Waals surface area contributed by atoms with E-state index in [2.05, 4.69) is 10.0 Å². The maximum Gasteiger partial charge on any atom is 0.254 e. The fraction of sp³-hybridized carbons (Fsp3) is 0.214. The molecule has 35 heavy (non-hydrogen) atoms. The first-order valence-corrected chi connectivity index (χ1v) is 13.4. The van der Waals surface area contributed by atoms with E-state index in [9.17, 15) is 13.2 Å². The van der Waals surface area contributed by atoms with E-state index >= 15 is 0 Å². The molecular formula is C28H27N3O3S. The lowest BCUT2D eigenvalue weighted by Gasteiger charge is -2.22. The lowest BCUT2D eigenvalue weighted by Crippen LogP contribution is -2.30. The van der Waals surface area contributed by atoms with Gasteiger partial charge in [-0.05, 0) is 30.9 Å². The second-order valence-electron chi connectivity index (χ2n) is 8.78. The topological polar surface area (TPSA) is 88.2 Å².